The monoisotopic (exact) mass is 188 g/mol. The maximum atomic E-state index is 2.26. The molecule has 3 heteroatoms. The lowest BCUT2D eigenvalue weighted by atomic mass is 10.5. The summed E-state index contributed by atoms with van der Waals surface area (Å²) in [5.41, 5.74) is 0. The second-order valence-electron chi connectivity index (χ2n) is 2.92. The van der Waals surface area contributed by atoms with E-state index in [4.69, 9.17) is 0 Å². The van der Waals surface area contributed by atoms with Crippen LogP contribution in [0.4, 0.5) is 0 Å². The molecule has 0 N–H and O–H groups in total. The Morgan fingerprint density at radius 3 is 1.31 bits per heavy atom. The molecule has 2 rings (SSSR count). The molecule has 0 fully saturated rings. The van der Waals surface area contributed by atoms with Gasteiger partial charge >= 0.3 is 9.84 Å². The fourth-order valence-corrected chi connectivity index (χ4v) is 2.49. The quantitative estimate of drug-likeness (QED) is 0.570. The third kappa shape index (κ3) is 2.22. The number of pyridine rings is 2. The van der Waals surface area contributed by atoms with Crippen LogP contribution in [0.3, 0.4) is 0 Å². The van der Waals surface area contributed by atoms with Crippen LogP contribution in [-0.2, 0) is 0 Å². The van der Waals surface area contributed by atoms with Gasteiger partial charge in [-0.05, 0) is 0 Å². The maximum absolute atomic E-state index is 2.26. The van der Waals surface area contributed by atoms with E-state index in [1.54, 1.807) is 0 Å². The van der Waals surface area contributed by atoms with Gasteiger partial charge in [0.15, 0.2) is 24.8 Å². The van der Waals surface area contributed by atoms with Crippen LogP contribution in [0.1, 0.15) is 0 Å². The molecule has 0 aromatic carbocycles. The molecule has 0 aliphatic heterocycles. The number of aromatic nitrogens is 2. The highest BCUT2D eigenvalue weighted by Crippen LogP contribution is 1.75. The average Bonchev–Trinajstić information content (AvgIpc) is 2.21. The molecule has 0 unspecified atom stereocenters. The van der Waals surface area contributed by atoms with Crippen molar-refractivity contribution in [3.05, 3.63) is 61.2 Å². The smallest absolute Gasteiger partial charge is 0.227 e. The van der Waals surface area contributed by atoms with E-state index in [0.717, 1.165) is 0 Å². The van der Waals surface area contributed by atoms with Gasteiger partial charge in [-0.25, -0.2) is 8.47 Å². The van der Waals surface area contributed by atoms with Gasteiger partial charge in [0.05, 0.1) is 0 Å². The number of hydrogen-bond donors (Lipinski definition) is 0. The van der Waals surface area contributed by atoms with E-state index in [1.807, 2.05) is 12.1 Å². The van der Waals surface area contributed by atoms with Crippen molar-refractivity contribution in [2.75, 3.05) is 0 Å². The number of nitrogens with zero attached hydrogens (tertiary/aromatic N) is 2. The van der Waals surface area contributed by atoms with Crippen LogP contribution >= 0.6 is 0 Å². The molecule has 0 bridgehead atoms. The van der Waals surface area contributed by atoms with Gasteiger partial charge in [0.25, 0.3) is 0 Å². The third-order valence-corrected chi connectivity index (χ3v) is 3.38. The summed E-state index contributed by atoms with van der Waals surface area (Å²) in [6, 6.07) is 12.3. The lowest BCUT2D eigenvalue weighted by Gasteiger charge is -1.90. The Labute approximate surface area is 80.1 Å². The minimum atomic E-state index is -0.401. The van der Waals surface area contributed by atoms with E-state index >= 15 is 0 Å². The van der Waals surface area contributed by atoms with Gasteiger partial charge in [-0.1, -0.05) is 12.1 Å². The third-order valence-electron chi connectivity index (χ3n) is 1.88. The number of rotatable bonds is 2. The van der Waals surface area contributed by atoms with Crippen LogP contribution in [0.25, 0.3) is 0 Å². The molecule has 0 saturated carbocycles. The lowest BCUT2D eigenvalue weighted by molar-refractivity contribution is -0.659. The van der Waals surface area contributed by atoms with Crippen molar-refractivity contribution in [2.24, 2.45) is 0 Å². The van der Waals surface area contributed by atoms with E-state index in [-0.39, 0.29) is 0 Å². The van der Waals surface area contributed by atoms with Crippen molar-refractivity contribution in [2.45, 2.75) is 0 Å². The average molecular weight is 188 g/mol. The van der Waals surface area contributed by atoms with E-state index in [1.165, 1.54) is 0 Å². The summed E-state index contributed by atoms with van der Waals surface area (Å²) in [5, 5.41) is 0. The van der Waals surface area contributed by atoms with Crippen LogP contribution in [-0.4, -0.2) is 9.84 Å². The largest absolute Gasteiger partial charge is 0.654 e. The second-order valence-corrected chi connectivity index (χ2v) is 4.66. The Morgan fingerprint density at radius 1 is 0.538 bits per heavy atom. The standard InChI is InChI=1S/C10H12N2Si/c1-3-7-11(8-4-1)13-12-9-5-2-6-10-12/h1-10H,13H2/q+2. The van der Waals surface area contributed by atoms with Crippen LogP contribution in [0.5, 0.6) is 0 Å². The summed E-state index contributed by atoms with van der Waals surface area (Å²) in [5.74, 6) is 0. The molecule has 2 nitrogen and oxygen atoms in total. The summed E-state index contributed by atoms with van der Waals surface area (Å²) in [6.07, 6.45) is 8.47. The minimum absolute atomic E-state index is 0.401. The zero-order chi connectivity index (χ0) is 8.93. The van der Waals surface area contributed by atoms with Crippen LogP contribution in [0.2, 0.25) is 0 Å². The second kappa shape index (κ2) is 3.96. The molecule has 0 saturated heterocycles. The molecule has 0 aliphatic carbocycles. The molecule has 64 valence electrons. The van der Waals surface area contributed by atoms with Gasteiger partial charge in [0.2, 0.25) is 0 Å². The topological polar surface area (TPSA) is 7.76 Å². The molecule has 0 radical (unpaired) electrons. The molecule has 2 aromatic rings. The zero-order valence-electron chi connectivity index (χ0n) is 7.38. The molecular weight excluding hydrogens is 176 g/mol. The Balaban J connectivity index is 2.16. The minimum Gasteiger partial charge on any atom is -0.227 e. The van der Waals surface area contributed by atoms with E-state index in [9.17, 15) is 0 Å². The van der Waals surface area contributed by atoms with E-state index in [0.29, 0.717) is 0 Å². The SMILES string of the molecule is c1cc[n+]([SiH2][n+]2ccccc2)cc1. The molecule has 0 spiro atoms. The summed E-state index contributed by atoms with van der Waals surface area (Å²) in [6.45, 7) is 0. The van der Waals surface area contributed by atoms with E-state index < -0.39 is 9.84 Å². The zero-order valence-corrected chi connectivity index (χ0v) is 8.79. The Morgan fingerprint density at radius 2 is 0.923 bits per heavy atom. The first-order chi connectivity index (χ1) is 6.45. The highest BCUT2D eigenvalue weighted by molar-refractivity contribution is 6.11. The van der Waals surface area contributed by atoms with E-state index in [2.05, 4.69) is 57.5 Å². The fourth-order valence-electron chi connectivity index (χ4n) is 1.25. The van der Waals surface area contributed by atoms with Crippen LogP contribution in [0, 0.1) is 0 Å². The summed E-state index contributed by atoms with van der Waals surface area (Å²) >= 11 is 0. The molecule has 13 heavy (non-hydrogen) atoms. The van der Waals surface area contributed by atoms with Gasteiger partial charge in [0.1, 0.15) is 0 Å². The predicted molar refractivity (Wildman–Crippen MR) is 52.6 cm³/mol. The highest BCUT2D eigenvalue weighted by atomic mass is 28.2. The predicted octanol–water partition coefficient (Wildman–Crippen LogP) is -0.343. The molecule has 2 heterocycles. The first-order valence-corrected chi connectivity index (χ1v) is 5.60. The van der Waals surface area contributed by atoms with Crippen molar-refractivity contribution >= 4 is 9.84 Å². The van der Waals surface area contributed by atoms with Gasteiger partial charge in [0, 0.05) is 24.3 Å². The van der Waals surface area contributed by atoms with Gasteiger partial charge in [-0.2, -0.15) is 0 Å². The van der Waals surface area contributed by atoms with Gasteiger partial charge in [-0.3, -0.25) is 0 Å². The first kappa shape index (κ1) is 8.13. The Hall–Kier alpha value is -1.48. The van der Waals surface area contributed by atoms with Crippen LogP contribution < -0.4 is 8.47 Å². The van der Waals surface area contributed by atoms with Gasteiger partial charge in [-0.15, -0.1) is 0 Å². The van der Waals surface area contributed by atoms with Gasteiger partial charge < -0.3 is 0 Å². The molecule has 0 amide bonds. The summed E-state index contributed by atoms with van der Waals surface area (Å²) < 4.78 is 4.53. The van der Waals surface area contributed by atoms with Crippen LogP contribution in [0.15, 0.2) is 61.2 Å². The molecule has 2 aromatic heterocycles. The number of hydrogen-bond acceptors (Lipinski definition) is 0. The molecular formula is C10H12N2Si+2. The normalized spacial score (nSPS) is 9.85. The van der Waals surface area contributed by atoms with Crippen molar-refractivity contribution < 1.29 is 8.47 Å². The summed E-state index contributed by atoms with van der Waals surface area (Å²) in [7, 11) is -0.401. The molecule has 0 aliphatic rings. The maximum Gasteiger partial charge on any atom is 0.654 e. The lowest BCUT2D eigenvalue weighted by Crippen LogP contribution is -2.58. The first-order valence-electron chi connectivity index (χ1n) is 4.33. The van der Waals surface area contributed by atoms with Crippen molar-refractivity contribution in [1.82, 2.24) is 0 Å². The Kier molecular flexibility index (Phi) is 2.47. The Bertz CT molecular complexity index is 324. The van der Waals surface area contributed by atoms with Crippen molar-refractivity contribution in [3.8, 4) is 0 Å². The fraction of sp³-hybridized carbons (Fsp3) is 0. The highest BCUT2D eigenvalue weighted by Gasteiger charge is 2.09. The van der Waals surface area contributed by atoms with Crippen molar-refractivity contribution in [1.29, 1.82) is 0 Å². The van der Waals surface area contributed by atoms with Crippen molar-refractivity contribution in [3.63, 3.8) is 0 Å². The molecule has 0 atom stereocenters. The summed E-state index contributed by atoms with van der Waals surface area (Å²) in [4.78, 5) is 0.